The van der Waals surface area contributed by atoms with Crippen molar-refractivity contribution in [3.05, 3.63) is 24.3 Å². The second kappa shape index (κ2) is 8.73. The van der Waals surface area contributed by atoms with Gasteiger partial charge in [-0.05, 0) is 51.5 Å². The molecule has 1 aromatic carbocycles. The van der Waals surface area contributed by atoms with Crippen molar-refractivity contribution in [3.8, 4) is 5.75 Å². The molecular formula is C19H25N3O6. The molecule has 1 fully saturated rings. The maximum Gasteiger partial charge on any atom is 0.327 e. The third-order valence-corrected chi connectivity index (χ3v) is 4.45. The number of amides is 4. The van der Waals surface area contributed by atoms with Crippen LogP contribution < -0.4 is 15.4 Å². The van der Waals surface area contributed by atoms with Crippen LogP contribution >= 0.6 is 0 Å². The minimum atomic E-state index is -1.10. The molecule has 1 saturated heterocycles. The van der Waals surface area contributed by atoms with Gasteiger partial charge in [0.1, 0.15) is 17.8 Å². The van der Waals surface area contributed by atoms with E-state index in [4.69, 9.17) is 9.47 Å². The van der Waals surface area contributed by atoms with E-state index in [1.165, 1.54) is 6.92 Å². The van der Waals surface area contributed by atoms with E-state index in [9.17, 15) is 19.2 Å². The van der Waals surface area contributed by atoms with Crippen LogP contribution in [-0.2, 0) is 19.1 Å². The number of hydrogen-bond donors (Lipinski definition) is 2. The number of carbonyl (C=O) groups excluding carboxylic acids is 4. The van der Waals surface area contributed by atoms with Gasteiger partial charge < -0.3 is 20.1 Å². The summed E-state index contributed by atoms with van der Waals surface area (Å²) in [7, 11) is 0. The fourth-order valence-corrected chi connectivity index (χ4v) is 2.59. The molecule has 9 nitrogen and oxygen atoms in total. The maximum absolute atomic E-state index is 12.3. The summed E-state index contributed by atoms with van der Waals surface area (Å²) in [6, 6.07) is 6.08. The first kappa shape index (κ1) is 21.2. The minimum absolute atomic E-state index is 0.393. The molecule has 28 heavy (non-hydrogen) atoms. The van der Waals surface area contributed by atoms with Gasteiger partial charge >= 0.3 is 12.0 Å². The number of rotatable bonds is 8. The van der Waals surface area contributed by atoms with Gasteiger partial charge in [0.2, 0.25) is 0 Å². The number of hydrogen-bond acceptors (Lipinski definition) is 6. The van der Waals surface area contributed by atoms with Crippen LogP contribution in [0.1, 0.15) is 34.1 Å². The summed E-state index contributed by atoms with van der Waals surface area (Å²) in [5, 5.41) is 5.17. The van der Waals surface area contributed by atoms with Gasteiger partial charge in [-0.25, -0.2) is 4.79 Å². The average Bonchev–Trinajstić information content (AvgIpc) is 2.87. The lowest BCUT2D eigenvalue weighted by molar-refractivity contribution is -0.155. The van der Waals surface area contributed by atoms with E-state index in [2.05, 4.69) is 10.6 Å². The summed E-state index contributed by atoms with van der Waals surface area (Å²) in [5.41, 5.74) is -0.516. The zero-order valence-electron chi connectivity index (χ0n) is 16.4. The lowest BCUT2D eigenvalue weighted by Gasteiger charge is -2.19. The van der Waals surface area contributed by atoms with Crippen molar-refractivity contribution in [3.63, 3.8) is 0 Å². The zero-order chi connectivity index (χ0) is 20.9. The zero-order valence-corrected chi connectivity index (χ0v) is 16.4. The number of urea groups is 1. The smallest absolute Gasteiger partial charge is 0.327 e. The molecule has 0 bridgehead atoms. The standard InChI is InChI=1S/C19H25N3O6/c1-5-19(4)17(25)22(18(26)21-19)11-15(23)28-12(3)16(24)20-13-7-9-14(10-8-13)27-6-2/h7-10,12H,5-6,11H2,1-4H3,(H,20,24)(H,21,26)/t12-,19+/m1/s1. The molecule has 0 aromatic heterocycles. The van der Waals surface area contributed by atoms with Gasteiger partial charge in [-0.3, -0.25) is 19.3 Å². The van der Waals surface area contributed by atoms with E-state index < -0.39 is 42.0 Å². The molecule has 2 atom stereocenters. The molecule has 152 valence electrons. The lowest BCUT2D eigenvalue weighted by atomic mass is 9.99. The van der Waals surface area contributed by atoms with Crippen molar-refractivity contribution in [1.29, 1.82) is 0 Å². The van der Waals surface area contributed by atoms with E-state index in [0.717, 1.165) is 4.90 Å². The molecule has 0 radical (unpaired) electrons. The number of carbonyl (C=O) groups is 4. The fraction of sp³-hybridized carbons (Fsp3) is 0.474. The molecule has 2 N–H and O–H groups in total. The molecule has 1 heterocycles. The number of ether oxygens (including phenoxy) is 2. The largest absolute Gasteiger partial charge is 0.494 e. The summed E-state index contributed by atoms with van der Waals surface area (Å²) in [5.74, 6) is -1.21. The highest BCUT2D eigenvalue weighted by Crippen LogP contribution is 2.21. The van der Waals surface area contributed by atoms with Crippen LogP contribution in [0.5, 0.6) is 5.75 Å². The first-order valence-corrected chi connectivity index (χ1v) is 9.07. The molecule has 2 rings (SSSR count). The van der Waals surface area contributed by atoms with E-state index >= 15 is 0 Å². The summed E-state index contributed by atoms with van der Waals surface area (Å²) in [6.45, 7) is 6.60. The van der Waals surface area contributed by atoms with E-state index in [-0.39, 0.29) is 0 Å². The fourth-order valence-electron chi connectivity index (χ4n) is 2.59. The van der Waals surface area contributed by atoms with Gasteiger partial charge in [-0.1, -0.05) is 6.92 Å². The summed E-state index contributed by atoms with van der Waals surface area (Å²) in [6.07, 6.45) is -0.707. The number of benzene rings is 1. The monoisotopic (exact) mass is 391 g/mol. The Hall–Kier alpha value is -3.10. The number of esters is 1. The number of imide groups is 1. The maximum atomic E-state index is 12.3. The molecule has 0 saturated carbocycles. The van der Waals surface area contributed by atoms with Crippen molar-refractivity contribution in [2.75, 3.05) is 18.5 Å². The first-order valence-electron chi connectivity index (χ1n) is 9.07. The van der Waals surface area contributed by atoms with Crippen LogP contribution in [-0.4, -0.2) is 53.5 Å². The SMILES string of the molecule is CCOc1ccc(NC(=O)[C@@H](C)OC(=O)CN2C(=O)N[C@@](C)(CC)C2=O)cc1. The normalized spacial score (nSPS) is 19.8. The molecule has 9 heteroatoms. The number of anilines is 1. The van der Waals surface area contributed by atoms with Crippen LogP contribution in [0.15, 0.2) is 24.3 Å². The molecule has 0 aliphatic carbocycles. The Morgan fingerprint density at radius 1 is 1.21 bits per heavy atom. The lowest BCUT2D eigenvalue weighted by Crippen LogP contribution is -2.44. The Balaban J connectivity index is 1.88. The first-order chi connectivity index (χ1) is 13.2. The summed E-state index contributed by atoms with van der Waals surface area (Å²) in [4.78, 5) is 49.3. The van der Waals surface area contributed by atoms with Crippen LogP contribution in [0.3, 0.4) is 0 Å². The topological polar surface area (TPSA) is 114 Å². The van der Waals surface area contributed by atoms with E-state index in [0.29, 0.717) is 24.5 Å². The third-order valence-electron chi connectivity index (χ3n) is 4.45. The predicted octanol–water partition coefficient (Wildman–Crippen LogP) is 1.68. The van der Waals surface area contributed by atoms with Crippen LogP contribution in [0.2, 0.25) is 0 Å². The number of nitrogens with zero attached hydrogens (tertiary/aromatic N) is 1. The van der Waals surface area contributed by atoms with Crippen LogP contribution in [0, 0.1) is 0 Å². The van der Waals surface area contributed by atoms with Crippen molar-refractivity contribution >= 4 is 29.5 Å². The Kier molecular flexibility index (Phi) is 6.61. The van der Waals surface area contributed by atoms with Crippen molar-refractivity contribution in [1.82, 2.24) is 10.2 Å². The summed E-state index contributed by atoms with van der Waals surface area (Å²) < 4.78 is 10.4. The average molecular weight is 391 g/mol. The highest BCUT2D eigenvalue weighted by atomic mass is 16.5. The van der Waals surface area contributed by atoms with Gasteiger partial charge in [-0.2, -0.15) is 0 Å². The van der Waals surface area contributed by atoms with Gasteiger partial charge in [0.25, 0.3) is 11.8 Å². The van der Waals surface area contributed by atoms with Crippen molar-refractivity contribution < 1.29 is 28.7 Å². The van der Waals surface area contributed by atoms with E-state index in [1.54, 1.807) is 38.1 Å². The minimum Gasteiger partial charge on any atom is -0.494 e. The molecule has 4 amide bonds. The molecule has 1 aliphatic rings. The Bertz CT molecular complexity index is 763. The molecular weight excluding hydrogens is 366 g/mol. The molecule has 1 aromatic rings. The van der Waals surface area contributed by atoms with Gasteiger partial charge in [0.15, 0.2) is 6.10 Å². The third kappa shape index (κ3) is 4.79. The van der Waals surface area contributed by atoms with Gasteiger partial charge in [0, 0.05) is 5.69 Å². The Morgan fingerprint density at radius 3 is 2.39 bits per heavy atom. The van der Waals surface area contributed by atoms with E-state index in [1.807, 2.05) is 6.92 Å². The molecule has 1 aliphatic heterocycles. The molecule has 0 unspecified atom stereocenters. The van der Waals surface area contributed by atoms with Crippen molar-refractivity contribution in [2.45, 2.75) is 45.8 Å². The number of nitrogens with one attached hydrogen (secondary N) is 2. The highest BCUT2D eigenvalue weighted by molar-refractivity contribution is 6.08. The molecule has 0 spiro atoms. The second-order valence-electron chi connectivity index (χ2n) is 6.59. The Morgan fingerprint density at radius 2 is 1.86 bits per heavy atom. The highest BCUT2D eigenvalue weighted by Gasteiger charge is 2.47. The van der Waals surface area contributed by atoms with Gasteiger partial charge in [0.05, 0.1) is 6.61 Å². The van der Waals surface area contributed by atoms with Crippen LogP contribution in [0.4, 0.5) is 10.5 Å². The quantitative estimate of drug-likeness (QED) is 0.515. The summed E-state index contributed by atoms with van der Waals surface area (Å²) >= 11 is 0. The van der Waals surface area contributed by atoms with Gasteiger partial charge in [-0.15, -0.1) is 0 Å². The Labute approximate surface area is 163 Å². The second-order valence-corrected chi connectivity index (χ2v) is 6.59. The van der Waals surface area contributed by atoms with Crippen molar-refractivity contribution in [2.24, 2.45) is 0 Å². The predicted molar refractivity (Wildman–Crippen MR) is 101 cm³/mol. The van der Waals surface area contributed by atoms with Crippen LogP contribution in [0.25, 0.3) is 0 Å².